The molecule has 0 radical (unpaired) electrons. The maximum Gasteiger partial charge on any atom is 0.446 e. The molecule has 152 valence electrons. The molecule has 27 heavy (non-hydrogen) atoms. The Balaban J connectivity index is 2.16. The van der Waals surface area contributed by atoms with E-state index in [4.69, 9.17) is 4.55 Å². The third-order valence-electron chi connectivity index (χ3n) is 3.71. The Bertz CT molecular complexity index is 763. The molecule has 2 rings (SSSR count). The highest BCUT2D eigenvalue weighted by atomic mass is 32.3. The van der Waals surface area contributed by atoms with E-state index in [1.807, 2.05) is 0 Å². The van der Waals surface area contributed by atoms with Gasteiger partial charge in [-0.2, -0.15) is 21.6 Å². The average molecular weight is 412 g/mol. The topological polar surface area (TPSA) is 114 Å². The van der Waals surface area contributed by atoms with Gasteiger partial charge in [0, 0.05) is 12.6 Å². The van der Waals surface area contributed by atoms with Crippen LogP contribution < -0.4 is 19.6 Å². The van der Waals surface area contributed by atoms with Crippen LogP contribution in [0.15, 0.2) is 18.2 Å². The van der Waals surface area contributed by atoms with Crippen LogP contribution in [0.1, 0.15) is 29.6 Å². The van der Waals surface area contributed by atoms with Gasteiger partial charge in [-0.1, -0.05) is 6.42 Å². The summed E-state index contributed by atoms with van der Waals surface area (Å²) in [6.45, 7) is -0.588. The van der Waals surface area contributed by atoms with E-state index in [2.05, 4.69) is 19.6 Å². The van der Waals surface area contributed by atoms with Gasteiger partial charge in [-0.25, -0.2) is 0 Å². The lowest BCUT2D eigenvalue weighted by atomic mass is 10.0. The number of carbonyl (C=O) groups excluding carboxylic acids is 1. The maximum absolute atomic E-state index is 12.4. The molecular formula is C15H19F3N2O6S. The number of hydrogen-bond donors (Lipinski definition) is 3. The molecule has 1 amide bonds. The van der Waals surface area contributed by atoms with Crippen LogP contribution in [0.25, 0.3) is 0 Å². The van der Waals surface area contributed by atoms with Crippen molar-refractivity contribution in [1.29, 1.82) is 0 Å². The van der Waals surface area contributed by atoms with E-state index in [1.54, 1.807) is 0 Å². The number of hydrogen-bond acceptors (Lipinski definition) is 6. The quantitative estimate of drug-likeness (QED) is 0.584. The number of carbonyl (C=O) groups is 1. The van der Waals surface area contributed by atoms with Gasteiger partial charge in [-0.15, -0.1) is 0 Å². The number of alkyl halides is 3. The lowest BCUT2D eigenvalue weighted by Crippen LogP contribution is -2.43. The highest BCUT2D eigenvalue weighted by Gasteiger charge is 2.29. The molecule has 1 aromatic rings. The fraction of sp³-hybridized carbons (Fsp3) is 0.533. The van der Waals surface area contributed by atoms with Crippen LogP contribution in [0, 0.1) is 0 Å². The van der Waals surface area contributed by atoms with Gasteiger partial charge < -0.3 is 19.6 Å². The zero-order chi connectivity index (χ0) is 20.1. The van der Waals surface area contributed by atoms with E-state index in [9.17, 15) is 26.4 Å². The molecule has 3 N–H and O–H groups in total. The molecule has 0 spiro atoms. The molecule has 0 saturated carbocycles. The lowest BCUT2D eigenvalue weighted by Gasteiger charge is -2.23. The first-order valence-corrected chi connectivity index (χ1v) is 9.42. The molecule has 1 aromatic carbocycles. The summed E-state index contributed by atoms with van der Waals surface area (Å²) in [5.74, 6) is -1.61. The molecule has 1 atom stereocenters. The molecule has 1 aliphatic rings. The second kappa shape index (κ2) is 8.76. The molecule has 12 heteroatoms. The summed E-state index contributed by atoms with van der Waals surface area (Å²) in [6.07, 6.45) is -1.77. The minimum Gasteiger partial charge on any atom is -0.483 e. The van der Waals surface area contributed by atoms with Gasteiger partial charge in [0.2, 0.25) is 0 Å². The Morgan fingerprint density at radius 2 is 2.07 bits per heavy atom. The molecule has 1 fully saturated rings. The monoisotopic (exact) mass is 412 g/mol. The van der Waals surface area contributed by atoms with Crippen LogP contribution in [-0.2, 0) is 10.4 Å². The number of halogens is 3. The molecule has 1 aliphatic heterocycles. The van der Waals surface area contributed by atoms with E-state index >= 15 is 0 Å². The second-order valence-corrected chi connectivity index (χ2v) is 6.95. The Kier molecular flexibility index (Phi) is 6.89. The highest BCUT2D eigenvalue weighted by molar-refractivity contribution is 7.81. The van der Waals surface area contributed by atoms with Gasteiger partial charge in [-0.05, 0) is 37.6 Å². The highest BCUT2D eigenvalue weighted by Crippen LogP contribution is 2.27. The predicted molar refractivity (Wildman–Crippen MR) is 88.1 cm³/mol. The first kappa shape index (κ1) is 21.3. The van der Waals surface area contributed by atoms with Gasteiger partial charge in [0.25, 0.3) is 5.91 Å². The van der Waals surface area contributed by atoms with Crippen molar-refractivity contribution in [2.75, 3.05) is 19.7 Å². The summed E-state index contributed by atoms with van der Waals surface area (Å²) in [4.78, 5) is 12.4. The Morgan fingerprint density at radius 1 is 1.33 bits per heavy atom. The van der Waals surface area contributed by atoms with Crippen LogP contribution in [0.2, 0.25) is 0 Å². The molecule has 0 bridgehead atoms. The van der Waals surface area contributed by atoms with Crippen molar-refractivity contribution in [2.24, 2.45) is 0 Å². The molecule has 8 nitrogen and oxygen atoms in total. The molecule has 0 aliphatic carbocycles. The minimum absolute atomic E-state index is 0.0273. The number of rotatable bonds is 7. The smallest absolute Gasteiger partial charge is 0.446 e. The molecule has 1 heterocycles. The van der Waals surface area contributed by atoms with Crippen LogP contribution in [0.3, 0.4) is 0 Å². The first-order chi connectivity index (χ1) is 12.5. The standard InChI is InChI=1S/C15H19F3N2O6S/c16-15(17,18)9-25-13-5-4-11(26-27(22,23)24)7-12(13)14(21)20-8-10-3-1-2-6-19-10/h4-5,7,10,19H,1-3,6,8-9H2,(H,20,21)(H,22,23,24). The van der Waals surface area contributed by atoms with E-state index in [0.717, 1.165) is 44.0 Å². The number of ether oxygens (including phenoxy) is 1. The van der Waals surface area contributed by atoms with Crippen molar-refractivity contribution >= 4 is 16.3 Å². The van der Waals surface area contributed by atoms with Crippen molar-refractivity contribution in [1.82, 2.24) is 10.6 Å². The van der Waals surface area contributed by atoms with Crippen LogP contribution in [0.4, 0.5) is 13.2 Å². The van der Waals surface area contributed by atoms with Gasteiger partial charge >= 0.3 is 16.6 Å². The number of benzene rings is 1. The van der Waals surface area contributed by atoms with Crippen LogP contribution in [0.5, 0.6) is 11.5 Å². The zero-order valence-electron chi connectivity index (χ0n) is 14.1. The van der Waals surface area contributed by atoms with E-state index in [-0.39, 0.29) is 18.2 Å². The van der Waals surface area contributed by atoms with E-state index < -0.39 is 40.6 Å². The lowest BCUT2D eigenvalue weighted by molar-refractivity contribution is -0.153. The largest absolute Gasteiger partial charge is 0.483 e. The van der Waals surface area contributed by atoms with Gasteiger partial charge in [0.05, 0.1) is 5.56 Å². The van der Waals surface area contributed by atoms with Crippen molar-refractivity contribution in [3.8, 4) is 11.5 Å². The summed E-state index contributed by atoms with van der Waals surface area (Å²) in [6, 6.07) is 2.82. The SMILES string of the molecule is O=C(NCC1CCCCN1)c1cc(OS(=O)(=O)O)ccc1OCC(F)(F)F. The van der Waals surface area contributed by atoms with Gasteiger partial charge in [0.15, 0.2) is 6.61 Å². The molecule has 1 unspecified atom stereocenters. The molecule has 0 aromatic heterocycles. The zero-order valence-corrected chi connectivity index (χ0v) is 14.9. The average Bonchev–Trinajstić information content (AvgIpc) is 2.57. The van der Waals surface area contributed by atoms with Crippen molar-refractivity contribution < 1.29 is 39.9 Å². The van der Waals surface area contributed by atoms with E-state index in [1.165, 1.54) is 0 Å². The number of nitrogens with one attached hydrogen (secondary N) is 2. The summed E-state index contributed by atoms with van der Waals surface area (Å²) in [5.41, 5.74) is -0.351. The third kappa shape index (κ3) is 7.61. The van der Waals surface area contributed by atoms with Gasteiger partial charge in [-0.3, -0.25) is 9.35 Å². The fourth-order valence-electron chi connectivity index (χ4n) is 2.55. The minimum atomic E-state index is -4.86. The summed E-state index contributed by atoms with van der Waals surface area (Å²) < 4.78 is 76.4. The van der Waals surface area contributed by atoms with Gasteiger partial charge in [0.1, 0.15) is 11.5 Å². The van der Waals surface area contributed by atoms with Crippen molar-refractivity contribution in [2.45, 2.75) is 31.5 Å². The number of piperidine rings is 1. The Morgan fingerprint density at radius 3 is 2.67 bits per heavy atom. The van der Waals surface area contributed by atoms with Crippen molar-refractivity contribution in [3.63, 3.8) is 0 Å². The van der Waals surface area contributed by atoms with Crippen LogP contribution >= 0.6 is 0 Å². The third-order valence-corrected chi connectivity index (χ3v) is 4.11. The summed E-state index contributed by atoms with van der Waals surface area (Å²) in [7, 11) is -4.86. The second-order valence-electron chi connectivity index (χ2n) is 5.93. The Hall–Kier alpha value is -2.05. The molecule has 1 saturated heterocycles. The molecular weight excluding hydrogens is 393 g/mol. The Labute approximate surface area is 154 Å². The first-order valence-electron chi connectivity index (χ1n) is 8.05. The number of amides is 1. The summed E-state index contributed by atoms with van der Waals surface area (Å²) in [5, 5.41) is 5.76. The predicted octanol–water partition coefficient (Wildman–Crippen LogP) is 1.68. The van der Waals surface area contributed by atoms with Crippen LogP contribution in [-0.4, -0.2) is 50.8 Å². The summed E-state index contributed by atoms with van der Waals surface area (Å²) >= 11 is 0. The fourth-order valence-corrected chi connectivity index (χ4v) is 2.90. The van der Waals surface area contributed by atoms with E-state index in [0.29, 0.717) is 0 Å². The normalized spacial score (nSPS) is 18.0. The maximum atomic E-state index is 12.4. The van der Waals surface area contributed by atoms with Crippen molar-refractivity contribution in [3.05, 3.63) is 23.8 Å².